The van der Waals surface area contributed by atoms with Gasteiger partial charge in [0.1, 0.15) is 33.9 Å². The molecule has 0 bridgehead atoms. The third-order valence-electron chi connectivity index (χ3n) is 20.2. The van der Waals surface area contributed by atoms with Gasteiger partial charge in [-0.3, -0.25) is 28.8 Å². The van der Waals surface area contributed by atoms with Crippen LogP contribution in [0.15, 0.2) is 255 Å². The Kier molecular flexibility index (Phi) is 14.4. The van der Waals surface area contributed by atoms with Crippen molar-refractivity contribution in [2.75, 3.05) is 83.9 Å². The molecule has 6 amide bonds. The number of nitrogens with zero attached hydrogens (tertiary/aromatic N) is 18. The Labute approximate surface area is 900 Å². The molecule has 18 aromatic rings. The first-order valence-electron chi connectivity index (χ1n) is 73.8. The predicted octanol–water partition coefficient (Wildman–Crippen LogP) is 19.5. The van der Waals surface area contributed by atoms with Crippen molar-refractivity contribution in [2.24, 2.45) is 0 Å². The van der Waals surface area contributed by atoms with E-state index in [4.69, 9.17) is 89.1 Å². The minimum absolute atomic E-state index is 0.00994. The molecule has 12 aromatic heterocycles. The molecule has 0 fully saturated rings. The highest BCUT2D eigenvalue weighted by atomic mass is 16.2. The van der Waals surface area contributed by atoms with Crippen LogP contribution < -0.4 is 0 Å². The third kappa shape index (κ3) is 24.1. The second kappa shape index (κ2) is 43.7. The second-order valence-corrected chi connectivity index (χ2v) is 30.6. The summed E-state index contributed by atoms with van der Waals surface area (Å²) in [5, 5.41) is 0. The van der Waals surface area contributed by atoms with Crippen LogP contribution in [0.3, 0.4) is 0 Å². The molecule has 0 saturated heterocycles. The predicted molar refractivity (Wildman–Crippen MR) is 555 cm³/mol. The molecule has 708 valence electrons. The van der Waals surface area contributed by atoms with E-state index in [-0.39, 0.29) is 132 Å². The average molecular weight is 1910 g/mol. The number of fused-ring (bicyclic) bond motifs is 6. The number of pyridine rings is 6. The molecule has 6 unspecified atom stereocenters. The van der Waals surface area contributed by atoms with E-state index in [2.05, 4.69) is 29.9 Å². The molecule has 6 aromatic carbocycles. The standard InChI is InChI=1S/6C19H21N3O/c6*1-13-5-8-15(9-6-13)19-16(11-18(23)21(3)4)22-12-14(2)7-10-17(22)20-19/h6*5-10,12H,11H2,1-4H3/i1D3,2D3,3D3,5D,6D,8D,9D,11D;1D3,3D3,5D,6D,8D,9D,11D;1D3,2D3,3D3,4D3,11D;2D3,3D3,4D3,11D;1D3,3D3,4D3,11D;3D3,4D3,11D. The fraction of sp³-hybridized carbons (Fsp3) is 0.263. The van der Waals surface area contributed by atoms with E-state index in [9.17, 15) is 28.8 Å². The molecule has 6 atom stereocenters. The summed E-state index contributed by atoms with van der Waals surface area (Å²) in [7, 11) is 1.96. The summed E-state index contributed by atoms with van der Waals surface area (Å²) in [4.78, 5) is 104. The summed E-state index contributed by atoms with van der Waals surface area (Å²) < 4.78 is 510. The Morgan fingerprint density at radius 1 is 0.225 bits per heavy atom. The molecule has 24 nitrogen and oxygen atoms in total. The van der Waals surface area contributed by atoms with Gasteiger partial charge in [0.25, 0.3) is 0 Å². The van der Waals surface area contributed by atoms with Gasteiger partial charge in [0, 0.05) is 233 Å². The number of imidazole rings is 6. The average Bonchev–Trinajstić information content (AvgIpc) is 1.61. The van der Waals surface area contributed by atoms with E-state index in [1.807, 2.05) is 39.0 Å². The van der Waals surface area contributed by atoms with Crippen LogP contribution in [0.5, 0.6) is 0 Å². The number of amides is 6. The van der Waals surface area contributed by atoms with Crippen molar-refractivity contribution in [2.45, 2.75) is 121 Å². The lowest BCUT2D eigenvalue weighted by molar-refractivity contribution is -0.128. The zero-order chi connectivity index (χ0) is 154. The van der Waals surface area contributed by atoms with Crippen molar-refractivity contribution in [1.29, 1.82) is 0 Å². The maximum absolute atomic E-state index is 13.1. The van der Waals surface area contributed by atoms with Crippen LogP contribution >= 0.6 is 0 Å². The van der Waals surface area contributed by atoms with Crippen molar-refractivity contribution in [3.8, 4) is 67.5 Å². The first-order valence-corrected chi connectivity index (χ1v) is 40.8. The highest BCUT2D eigenvalue weighted by molar-refractivity contribution is 5.87. The van der Waals surface area contributed by atoms with Gasteiger partial charge in [-0.05, 0) is 152 Å². The molecule has 18 rings (SSSR count). The Balaban J connectivity index is 0.000000195. The first kappa shape index (κ1) is 45.3. The van der Waals surface area contributed by atoms with Gasteiger partial charge >= 0.3 is 0 Å². The molecule has 0 aliphatic rings. The Bertz CT molecular complexity index is 10300. The molecular formula is C114H126N18O6. The zero-order valence-electron chi connectivity index (χ0n) is 139. The number of benzene rings is 6. The van der Waals surface area contributed by atoms with Crippen LogP contribution in [0.25, 0.3) is 101 Å². The normalized spacial score (nSPS) is 20.8. The monoisotopic (exact) mass is 1910 g/mol. The summed E-state index contributed by atoms with van der Waals surface area (Å²) >= 11 is 0. The Morgan fingerprint density at radius 3 is 0.601 bits per heavy atom. The fourth-order valence-corrected chi connectivity index (χ4v) is 13.4. The molecule has 0 spiro atoms. The van der Waals surface area contributed by atoms with E-state index in [1.165, 1.54) is 109 Å². The van der Waals surface area contributed by atoms with Crippen molar-refractivity contribution in [3.05, 3.63) is 356 Å². The quantitative estimate of drug-likeness (QED) is 0.0782. The van der Waals surface area contributed by atoms with Crippen molar-refractivity contribution < 1.29 is 118 Å². The van der Waals surface area contributed by atoms with E-state index in [1.54, 1.807) is 99.2 Å². The van der Waals surface area contributed by atoms with Crippen LogP contribution in [0.1, 0.15) is 190 Å². The SMILES string of the molecule is [2H]C(C(=O)N(C([2H])([2H])[2H])C([2H])([2H])[2H])c1c(-c2ccc(C([2H])([2H])[2H])cc2)nc2ccc(C([2H])([2H])[2H])cn12.[2H]C(C(=O)N(C([2H])([2H])[2H])C([2H])([2H])[2H])c1c(-c2ccc(C([2H])([2H])[2H])cc2)nc2ccc(C)cn12.[2H]C(C(=O)N(C([2H])([2H])[2H])C([2H])([2H])[2H])c1c(-c2ccc(C)cc2)nc2ccc(C([2H])([2H])[2H])cn12.[2H]C(C(=O)N(C([2H])([2H])[2H])C([2H])([2H])[2H])c1c(-c2ccc(C)cc2)nc2ccc(C)cn12.[2H]c1c([2H])c(C([2H])([2H])[2H])c([2H])c([2H])c1-c1nc2ccc(C([2H])([2H])[2H])cn2c1C([2H])C(=O)N(C)C([2H])([2H])[2H].[2H]c1c([2H])c(C([2H])([2H])[2H])c([2H])c([2H])c1-c1nc2ccc(C)cn2c1C([2H])C(=O)N(C)C([2H])([2H])[2H]. The Hall–Kier alpha value is -15.7. The van der Waals surface area contributed by atoms with Gasteiger partial charge in [0.2, 0.25) is 35.4 Å². The van der Waals surface area contributed by atoms with Crippen LogP contribution in [-0.4, -0.2) is 205 Å². The molecule has 0 radical (unpaired) electrons. The van der Waals surface area contributed by atoms with Crippen LogP contribution in [-0.2, 0) is 67.1 Å². The van der Waals surface area contributed by atoms with E-state index < -0.39 is 268 Å². The van der Waals surface area contributed by atoms with Gasteiger partial charge in [-0.25, -0.2) is 29.9 Å². The maximum atomic E-state index is 13.1. The summed E-state index contributed by atoms with van der Waals surface area (Å²) in [5.74, 6) is -8.16. The lowest BCUT2D eigenvalue weighted by Gasteiger charge is -2.11. The third-order valence-corrected chi connectivity index (χ3v) is 20.2. The second-order valence-electron chi connectivity index (χ2n) is 30.6. The number of likely N-dealkylation sites (N-methyl/N-ethyl adjacent to an activating group) is 6. The summed E-state index contributed by atoms with van der Waals surface area (Å²) in [6.07, 6.45) is -3.58. The number of carbonyl (C=O) groups excluding carboxylic acids is 6. The van der Waals surface area contributed by atoms with Crippen LogP contribution in [0.2, 0.25) is 0 Å². The molecule has 24 heteroatoms. The largest absolute Gasteiger partial charge is 0.348 e. The van der Waals surface area contributed by atoms with E-state index in [0.717, 1.165) is 57.5 Å². The molecule has 12 heterocycles. The maximum Gasteiger partial charge on any atom is 0.228 e. The fourth-order valence-electron chi connectivity index (χ4n) is 13.4. The smallest absolute Gasteiger partial charge is 0.228 e. The lowest BCUT2D eigenvalue weighted by Crippen LogP contribution is -2.24. The topological polar surface area (TPSA) is 226 Å². The molecule has 0 aliphatic heterocycles. The number of hydrogen-bond acceptors (Lipinski definition) is 12. The number of rotatable bonds is 18. The molecule has 0 aliphatic carbocycles. The van der Waals surface area contributed by atoms with Crippen LogP contribution in [0, 0.1) is 82.6 Å². The number of hydrogen-bond donors (Lipinski definition) is 0. The van der Waals surface area contributed by atoms with Crippen molar-refractivity contribution >= 4 is 69.3 Å². The number of aromatic nitrogens is 12. The van der Waals surface area contributed by atoms with E-state index in [0.29, 0.717) is 49.0 Å². The molecule has 0 saturated carbocycles. The number of carbonyl (C=O) groups is 6. The van der Waals surface area contributed by atoms with Gasteiger partial charge < -0.3 is 55.8 Å². The zero-order valence-corrected chi connectivity index (χ0v) is 74.1. The van der Waals surface area contributed by atoms with Gasteiger partial charge in [-0.2, -0.15) is 0 Å². The minimum atomic E-state index is -3.40. The van der Waals surface area contributed by atoms with Crippen LogP contribution in [0.4, 0.5) is 0 Å². The van der Waals surface area contributed by atoms with Gasteiger partial charge in [0.05, 0.1) is 118 Å². The highest BCUT2D eigenvalue weighted by Crippen LogP contribution is 2.34. The van der Waals surface area contributed by atoms with Crippen molar-refractivity contribution in [3.63, 3.8) is 0 Å². The summed E-state index contributed by atoms with van der Waals surface area (Å²) in [6, 6.07) is 36.9. The minimum Gasteiger partial charge on any atom is -0.348 e. The van der Waals surface area contributed by atoms with Crippen molar-refractivity contribution in [1.82, 2.24) is 85.7 Å². The number of aryl methyl sites for hydroxylation is 10. The molecule has 0 N–H and O–H groups in total. The van der Waals surface area contributed by atoms with Gasteiger partial charge in [-0.15, -0.1) is 0 Å². The summed E-state index contributed by atoms with van der Waals surface area (Å²) in [5.41, 5.74) is 3.43. The Morgan fingerprint density at radius 2 is 0.399 bits per heavy atom. The van der Waals surface area contributed by atoms with E-state index >= 15 is 0 Å². The molecule has 138 heavy (non-hydrogen) atoms. The lowest BCUT2D eigenvalue weighted by atomic mass is 10.1. The first-order chi connectivity index (χ1) is 92.2. The molecular weight excluding hydrogens is 1720 g/mol. The van der Waals surface area contributed by atoms with Gasteiger partial charge in [0.15, 0.2) is 0 Å². The summed E-state index contributed by atoms with van der Waals surface area (Å²) in [6.45, 7) is -41.4. The highest BCUT2D eigenvalue weighted by Gasteiger charge is 2.26. The van der Waals surface area contributed by atoms with Gasteiger partial charge in [-0.1, -0.05) is 215 Å².